The third kappa shape index (κ3) is 2.89. The predicted molar refractivity (Wildman–Crippen MR) is 76.2 cm³/mol. The molecule has 0 unspecified atom stereocenters. The molecule has 0 spiro atoms. The number of aryl methyl sites for hydroxylation is 1. The number of hydrazine groups is 1. The van der Waals surface area contributed by atoms with Gasteiger partial charge in [0.05, 0.1) is 11.4 Å². The summed E-state index contributed by atoms with van der Waals surface area (Å²) in [6.45, 7) is 1.60. The number of para-hydroxylation sites is 1. The summed E-state index contributed by atoms with van der Waals surface area (Å²) >= 11 is 0. The van der Waals surface area contributed by atoms with Crippen LogP contribution < -0.4 is 16.0 Å². The van der Waals surface area contributed by atoms with Gasteiger partial charge in [-0.05, 0) is 36.8 Å². The second kappa shape index (κ2) is 5.48. The molecule has 20 heavy (non-hydrogen) atoms. The van der Waals surface area contributed by atoms with Crippen LogP contribution in [0.25, 0.3) is 0 Å². The fourth-order valence-corrected chi connectivity index (χ4v) is 2.91. The van der Waals surface area contributed by atoms with Crippen molar-refractivity contribution < 1.29 is 12.8 Å². The largest absolute Gasteiger partial charge is 0.323 e. The van der Waals surface area contributed by atoms with Crippen LogP contribution in [0.1, 0.15) is 5.56 Å². The van der Waals surface area contributed by atoms with Gasteiger partial charge < -0.3 is 5.43 Å². The van der Waals surface area contributed by atoms with Crippen LogP contribution in [0.2, 0.25) is 0 Å². The molecule has 4 N–H and O–H groups in total. The zero-order valence-corrected chi connectivity index (χ0v) is 11.5. The molecule has 0 heterocycles. The predicted octanol–water partition coefficient (Wildman–Crippen LogP) is 2.22. The minimum absolute atomic E-state index is 0.0107. The smallest absolute Gasteiger partial charge is 0.264 e. The molecule has 0 saturated heterocycles. The summed E-state index contributed by atoms with van der Waals surface area (Å²) in [4.78, 5) is -0.0107. The van der Waals surface area contributed by atoms with Crippen molar-refractivity contribution in [1.29, 1.82) is 0 Å². The van der Waals surface area contributed by atoms with Gasteiger partial charge in [-0.2, -0.15) is 0 Å². The number of hydrogen-bond donors (Lipinski definition) is 3. The number of nitrogens with two attached hydrogens (primary N) is 1. The molecule has 0 fully saturated rings. The average molecular weight is 295 g/mol. The number of sulfonamides is 1. The fraction of sp³-hybridized carbons (Fsp3) is 0.0769. The SMILES string of the molecule is Cc1ccc(NS(=O)(=O)c2ccccc2NN)cc1F. The summed E-state index contributed by atoms with van der Waals surface area (Å²) in [7, 11) is -3.84. The maximum Gasteiger partial charge on any atom is 0.264 e. The standard InChI is InChI=1S/C13H14FN3O2S/c1-9-6-7-10(8-11(9)14)17-20(18,19)13-5-3-2-4-12(13)16-15/h2-8,16-17H,15H2,1H3. The van der Waals surface area contributed by atoms with Gasteiger partial charge >= 0.3 is 0 Å². The Labute approximate surface area is 116 Å². The number of benzene rings is 2. The summed E-state index contributed by atoms with van der Waals surface area (Å²) in [5.41, 5.74) is 3.17. The minimum atomic E-state index is -3.84. The van der Waals surface area contributed by atoms with Crippen LogP contribution in [0, 0.1) is 12.7 Å². The molecule has 0 aliphatic carbocycles. The van der Waals surface area contributed by atoms with Gasteiger partial charge in [0, 0.05) is 0 Å². The van der Waals surface area contributed by atoms with Gasteiger partial charge in [-0.25, -0.2) is 12.8 Å². The van der Waals surface area contributed by atoms with Crippen molar-refractivity contribution in [3.8, 4) is 0 Å². The monoisotopic (exact) mass is 295 g/mol. The van der Waals surface area contributed by atoms with E-state index in [1.165, 1.54) is 24.3 Å². The van der Waals surface area contributed by atoms with Crippen LogP contribution in [0.5, 0.6) is 0 Å². The Kier molecular flexibility index (Phi) is 3.91. The Morgan fingerprint density at radius 3 is 2.50 bits per heavy atom. The third-order valence-corrected chi connectivity index (χ3v) is 4.20. The summed E-state index contributed by atoms with van der Waals surface area (Å²) in [6.07, 6.45) is 0. The molecule has 0 saturated carbocycles. The van der Waals surface area contributed by atoms with Crippen LogP contribution in [-0.2, 0) is 10.0 Å². The number of halogens is 1. The van der Waals surface area contributed by atoms with Crippen LogP contribution in [0.4, 0.5) is 15.8 Å². The van der Waals surface area contributed by atoms with E-state index >= 15 is 0 Å². The lowest BCUT2D eigenvalue weighted by Gasteiger charge is -2.12. The first kappa shape index (κ1) is 14.3. The molecule has 0 aliphatic rings. The van der Waals surface area contributed by atoms with Crippen molar-refractivity contribution in [2.75, 3.05) is 10.1 Å². The van der Waals surface area contributed by atoms with E-state index in [0.29, 0.717) is 5.56 Å². The summed E-state index contributed by atoms with van der Waals surface area (Å²) in [5, 5.41) is 0. The Morgan fingerprint density at radius 1 is 1.15 bits per heavy atom. The van der Waals surface area contributed by atoms with Crippen molar-refractivity contribution in [2.45, 2.75) is 11.8 Å². The second-order valence-electron chi connectivity index (χ2n) is 4.21. The second-order valence-corrected chi connectivity index (χ2v) is 5.86. The molecule has 0 amide bonds. The van der Waals surface area contributed by atoms with Gasteiger partial charge in [0.1, 0.15) is 10.7 Å². The first-order valence-corrected chi connectivity index (χ1v) is 7.27. The van der Waals surface area contributed by atoms with Crippen molar-refractivity contribution in [1.82, 2.24) is 0 Å². The molecule has 7 heteroatoms. The lowest BCUT2D eigenvalue weighted by atomic mass is 10.2. The van der Waals surface area contributed by atoms with E-state index in [9.17, 15) is 12.8 Å². The molecule has 106 valence electrons. The molecular formula is C13H14FN3O2S. The van der Waals surface area contributed by atoms with Gasteiger partial charge in [0.2, 0.25) is 0 Å². The molecule has 2 aromatic rings. The maximum absolute atomic E-state index is 13.4. The summed E-state index contributed by atoms with van der Waals surface area (Å²) < 4.78 is 40.2. The van der Waals surface area contributed by atoms with Crippen LogP contribution in [0.3, 0.4) is 0 Å². The minimum Gasteiger partial charge on any atom is -0.323 e. The van der Waals surface area contributed by atoms with Gasteiger partial charge in [-0.15, -0.1) is 0 Å². The molecule has 0 bridgehead atoms. The lowest BCUT2D eigenvalue weighted by molar-refractivity contribution is 0.601. The number of hydrogen-bond acceptors (Lipinski definition) is 4. The van der Waals surface area contributed by atoms with E-state index in [-0.39, 0.29) is 16.3 Å². The molecule has 5 nitrogen and oxygen atoms in total. The van der Waals surface area contributed by atoms with Crippen molar-refractivity contribution in [3.63, 3.8) is 0 Å². The van der Waals surface area contributed by atoms with E-state index in [2.05, 4.69) is 10.1 Å². The third-order valence-electron chi connectivity index (χ3n) is 2.76. The molecule has 0 aromatic heterocycles. The normalized spacial score (nSPS) is 11.2. The summed E-state index contributed by atoms with van der Waals surface area (Å²) in [5.74, 6) is 4.81. The van der Waals surface area contributed by atoms with Crippen molar-refractivity contribution in [3.05, 3.63) is 53.8 Å². The number of nitrogens with one attached hydrogen (secondary N) is 2. The van der Waals surface area contributed by atoms with Crippen molar-refractivity contribution in [2.24, 2.45) is 5.84 Å². The highest BCUT2D eigenvalue weighted by Gasteiger charge is 2.18. The molecule has 0 atom stereocenters. The molecular weight excluding hydrogens is 281 g/mol. The summed E-state index contributed by atoms with van der Waals surface area (Å²) in [6, 6.07) is 10.3. The van der Waals surface area contributed by atoms with E-state index < -0.39 is 15.8 Å². The number of nitrogen functional groups attached to an aromatic ring is 1. The zero-order valence-electron chi connectivity index (χ0n) is 10.7. The van der Waals surface area contributed by atoms with E-state index in [4.69, 9.17) is 5.84 Å². The Bertz CT molecular complexity index is 732. The maximum atomic E-state index is 13.4. The highest BCUT2D eigenvalue weighted by Crippen LogP contribution is 2.23. The van der Waals surface area contributed by atoms with Crippen LogP contribution in [0.15, 0.2) is 47.4 Å². The first-order chi connectivity index (χ1) is 9.44. The Morgan fingerprint density at radius 2 is 1.85 bits per heavy atom. The fourth-order valence-electron chi connectivity index (χ4n) is 1.69. The highest BCUT2D eigenvalue weighted by molar-refractivity contribution is 7.92. The van der Waals surface area contributed by atoms with Crippen molar-refractivity contribution >= 4 is 21.4 Å². The lowest BCUT2D eigenvalue weighted by Crippen LogP contribution is -2.17. The molecule has 2 rings (SSSR count). The van der Waals surface area contributed by atoms with E-state index in [0.717, 1.165) is 6.07 Å². The van der Waals surface area contributed by atoms with Gasteiger partial charge in [-0.3, -0.25) is 10.6 Å². The Hall–Kier alpha value is -2.12. The molecule has 0 aliphatic heterocycles. The zero-order chi connectivity index (χ0) is 14.8. The van der Waals surface area contributed by atoms with Crippen LogP contribution in [-0.4, -0.2) is 8.42 Å². The van der Waals surface area contributed by atoms with E-state index in [1.54, 1.807) is 19.1 Å². The first-order valence-electron chi connectivity index (χ1n) is 5.78. The van der Waals surface area contributed by atoms with Crippen LogP contribution >= 0.6 is 0 Å². The number of anilines is 2. The molecule has 0 radical (unpaired) electrons. The topological polar surface area (TPSA) is 84.2 Å². The van der Waals surface area contributed by atoms with Gasteiger partial charge in [0.25, 0.3) is 10.0 Å². The molecule has 2 aromatic carbocycles. The van der Waals surface area contributed by atoms with E-state index in [1.807, 2.05) is 0 Å². The quantitative estimate of drug-likeness (QED) is 0.596. The highest BCUT2D eigenvalue weighted by atomic mass is 32.2. The number of rotatable bonds is 4. The van der Waals surface area contributed by atoms with Gasteiger partial charge in [-0.1, -0.05) is 18.2 Å². The van der Waals surface area contributed by atoms with Gasteiger partial charge in [0.15, 0.2) is 0 Å². The Balaban J connectivity index is 2.38. The average Bonchev–Trinajstić information content (AvgIpc) is 2.42.